The van der Waals surface area contributed by atoms with Gasteiger partial charge in [-0.25, -0.2) is 13.8 Å². The highest BCUT2D eigenvalue weighted by molar-refractivity contribution is 6.29. The van der Waals surface area contributed by atoms with Gasteiger partial charge in [0.25, 0.3) is 6.43 Å². The summed E-state index contributed by atoms with van der Waals surface area (Å²) in [6.07, 6.45) is -2.56. The maximum atomic E-state index is 12.0. The zero-order chi connectivity index (χ0) is 13.0. The van der Waals surface area contributed by atoms with Crippen LogP contribution >= 0.6 is 11.6 Å². The van der Waals surface area contributed by atoms with Gasteiger partial charge in [-0.15, -0.1) is 0 Å². The van der Waals surface area contributed by atoms with E-state index in [0.29, 0.717) is 5.82 Å². The van der Waals surface area contributed by atoms with Gasteiger partial charge in [-0.2, -0.15) is 4.98 Å². The Morgan fingerprint density at radius 1 is 1.17 bits per heavy atom. The zero-order valence-electron chi connectivity index (χ0n) is 9.19. The minimum Gasteiger partial charge on any atom is -0.471 e. The summed E-state index contributed by atoms with van der Waals surface area (Å²) < 4.78 is 28.9. The standard InChI is InChI=1S/C12H9ClF2N2O/c13-9-6-11(18-7-10(14)15)17-12(16-9)8-4-2-1-3-5-8/h1-6,10H,7H2. The van der Waals surface area contributed by atoms with Gasteiger partial charge in [0.05, 0.1) is 0 Å². The van der Waals surface area contributed by atoms with E-state index in [-0.39, 0.29) is 11.0 Å². The van der Waals surface area contributed by atoms with Crippen LogP contribution in [0, 0.1) is 0 Å². The van der Waals surface area contributed by atoms with Crippen LogP contribution < -0.4 is 4.74 Å². The number of alkyl halides is 2. The topological polar surface area (TPSA) is 35.0 Å². The fourth-order valence-electron chi connectivity index (χ4n) is 1.34. The van der Waals surface area contributed by atoms with E-state index < -0.39 is 13.0 Å². The smallest absolute Gasteiger partial charge is 0.272 e. The molecule has 0 radical (unpaired) electrons. The highest BCUT2D eigenvalue weighted by atomic mass is 35.5. The van der Waals surface area contributed by atoms with Gasteiger partial charge in [0.1, 0.15) is 5.15 Å². The van der Waals surface area contributed by atoms with Crippen molar-refractivity contribution in [2.75, 3.05) is 6.61 Å². The van der Waals surface area contributed by atoms with Crippen LogP contribution in [0.1, 0.15) is 0 Å². The first-order valence-corrected chi connectivity index (χ1v) is 5.54. The fourth-order valence-corrected chi connectivity index (χ4v) is 1.51. The Morgan fingerprint density at radius 2 is 1.89 bits per heavy atom. The predicted molar refractivity (Wildman–Crippen MR) is 64.0 cm³/mol. The first-order chi connectivity index (χ1) is 8.65. The van der Waals surface area contributed by atoms with Crippen molar-refractivity contribution in [3.8, 4) is 17.3 Å². The Morgan fingerprint density at radius 3 is 2.56 bits per heavy atom. The van der Waals surface area contributed by atoms with Crippen LogP contribution in [0.5, 0.6) is 5.88 Å². The molecule has 2 aromatic rings. The Kier molecular flexibility index (Phi) is 4.04. The molecule has 0 bridgehead atoms. The highest BCUT2D eigenvalue weighted by Crippen LogP contribution is 2.21. The van der Waals surface area contributed by atoms with E-state index in [4.69, 9.17) is 16.3 Å². The lowest BCUT2D eigenvalue weighted by Crippen LogP contribution is -2.08. The Balaban J connectivity index is 2.27. The molecule has 18 heavy (non-hydrogen) atoms. The highest BCUT2D eigenvalue weighted by Gasteiger charge is 2.09. The van der Waals surface area contributed by atoms with Crippen LogP contribution in [0.4, 0.5) is 8.78 Å². The maximum Gasteiger partial charge on any atom is 0.272 e. The molecule has 0 fully saturated rings. The third kappa shape index (κ3) is 3.37. The van der Waals surface area contributed by atoms with Crippen molar-refractivity contribution in [3.05, 3.63) is 41.6 Å². The van der Waals surface area contributed by atoms with E-state index in [0.717, 1.165) is 5.56 Å². The summed E-state index contributed by atoms with van der Waals surface area (Å²) in [4.78, 5) is 8.04. The van der Waals surface area contributed by atoms with Crippen molar-refractivity contribution in [2.45, 2.75) is 6.43 Å². The summed E-state index contributed by atoms with van der Waals surface area (Å²) in [5, 5.41) is 0.146. The minimum absolute atomic E-state index is 0.0363. The molecule has 2 rings (SSSR count). The number of rotatable bonds is 4. The monoisotopic (exact) mass is 270 g/mol. The second kappa shape index (κ2) is 5.73. The van der Waals surface area contributed by atoms with Crippen molar-refractivity contribution in [1.29, 1.82) is 0 Å². The molecule has 1 heterocycles. The van der Waals surface area contributed by atoms with Crippen LogP contribution in [-0.2, 0) is 0 Å². The molecule has 0 N–H and O–H groups in total. The summed E-state index contributed by atoms with van der Waals surface area (Å²) >= 11 is 5.80. The SMILES string of the molecule is FC(F)COc1cc(Cl)nc(-c2ccccc2)n1. The van der Waals surface area contributed by atoms with Gasteiger partial charge in [0.15, 0.2) is 12.4 Å². The van der Waals surface area contributed by atoms with Crippen molar-refractivity contribution in [1.82, 2.24) is 9.97 Å². The molecule has 1 aromatic carbocycles. The second-order valence-corrected chi connectivity index (χ2v) is 3.81. The summed E-state index contributed by atoms with van der Waals surface area (Å²) in [5.74, 6) is 0.376. The Labute approximate surface area is 107 Å². The molecule has 0 aliphatic heterocycles. The van der Waals surface area contributed by atoms with Crippen LogP contribution in [-0.4, -0.2) is 23.0 Å². The van der Waals surface area contributed by atoms with Gasteiger partial charge in [-0.1, -0.05) is 41.9 Å². The lowest BCUT2D eigenvalue weighted by Gasteiger charge is -2.06. The lowest BCUT2D eigenvalue weighted by molar-refractivity contribution is 0.0796. The van der Waals surface area contributed by atoms with Crippen LogP contribution in [0.15, 0.2) is 36.4 Å². The molecule has 3 nitrogen and oxygen atoms in total. The maximum absolute atomic E-state index is 12.0. The van der Waals surface area contributed by atoms with Crippen molar-refractivity contribution in [3.63, 3.8) is 0 Å². The van der Waals surface area contributed by atoms with E-state index in [1.807, 2.05) is 18.2 Å². The third-order valence-corrected chi connectivity index (χ3v) is 2.25. The molecule has 0 aliphatic rings. The molecular formula is C12H9ClF2N2O. The van der Waals surface area contributed by atoms with Gasteiger partial charge in [0.2, 0.25) is 5.88 Å². The predicted octanol–water partition coefficient (Wildman–Crippen LogP) is 3.44. The van der Waals surface area contributed by atoms with Gasteiger partial charge in [-0.3, -0.25) is 0 Å². The number of ether oxygens (including phenoxy) is 1. The number of hydrogen-bond acceptors (Lipinski definition) is 3. The van der Waals surface area contributed by atoms with Gasteiger partial charge in [0, 0.05) is 11.6 Å². The molecule has 0 aliphatic carbocycles. The minimum atomic E-state index is -2.56. The summed E-state index contributed by atoms with van der Waals surface area (Å²) in [6.45, 7) is -0.721. The van der Waals surface area contributed by atoms with Gasteiger partial charge >= 0.3 is 0 Å². The lowest BCUT2D eigenvalue weighted by atomic mass is 10.2. The molecule has 6 heteroatoms. The van der Waals surface area contributed by atoms with Gasteiger partial charge < -0.3 is 4.74 Å². The molecule has 0 amide bonds. The number of aromatic nitrogens is 2. The van der Waals surface area contributed by atoms with Crippen LogP contribution in [0.3, 0.4) is 0 Å². The molecule has 0 atom stereocenters. The van der Waals surface area contributed by atoms with Crippen LogP contribution in [0.2, 0.25) is 5.15 Å². The Bertz CT molecular complexity index is 523. The van der Waals surface area contributed by atoms with E-state index in [1.54, 1.807) is 12.1 Å². The number of halogens is 3. The van der Waals surface area contributed by atoms with Crippen molar-refractivity contribution < 1.29 is 13.5 Å². The molecule has 0 spiro atoms. The first-order valence-electron chi connectivity index (χ1n) is 5.16. The first kappa shape index (κ1) is 12.7. The zero-order valence-corrected chi connectivity index (χ0v) is 9.94. The summed E-state index contributed by atoms with van der Waals surface area (Å²) in [6, 6.07) is 10.4. The van der Waals surface area contributed by atoms with Crippen molar-refractivity contribution >= 4 is 11.6 Å². The van der Waals surface area contributed by atoms with Crippen LogP contribution in [0.25, 0.3) is 11.4 Å². The van der Waals surface area contributed by atoms with E-state index in [9.17, 15) is 8.78 Å². The van der Waals surface area contributed by atoms with Crippen molar-refractivity contribution in [2.24, 2.45) is 0 Å². The molecule has 0 saturated heterocycles. The number of benzene rings is 1. The normalized spacial score (nSPS) is 10.7. The quantitative estimate of drug-likeness (QED) is 0.798. The van der Waals surface area contributed by atoms with Gasteiger partial charge in [-0.05, 0) is 0 Å². The molecule has 0 saturated carbocycles. The third-order valence-electron chi connectivity index (χ3n) is 2.06. The Hall–Kier alpha value is -1.75. The molecular weight excluding hydrogens is 262 g/mol. The van der Waals surface area contributed by atoms with E-state index in [1.165, 1.54) is 6.07 Å². The largest absolute Gasteiger partial charge is 0.471 e. The fraction of sp³-hybridized carbons (Fsp3) is 0.167. The average molecular weight is 271 g/mol. The molecule has 94 valence electrons. The van der Waals surface area contributed by atoms with E-state index in [2.05, 4.69) is 9.97 Å². The number of nitrogens with zero attached hydrogens (tertiary/aromatic N) is 2. The summed E-state index contributed by atoms with van der Waals surface area (Å²) in [7, 11) is 0. The number of hydrogen-bond donors (Lipinski definition) is 0. The second-order valence-electron chi connectivity index (χ2n) is 3.42. The summed E-state index contributed by atoms with van der Waals surface area (Å²) in [5.41, 5.74) is 0.738. The van der Waals surface area contributed by atoms with E-state index >= 15 is 0 Å². The molecule has 0 unspecified atom stereocenters. The molecule has 1 aromatic heterocycles. The average Bonchev–Trinajstić information content (AvgIpc) is 2.37.